The molecule has 9 aromatic rings. The molecule has 0 saturated carbocycles. The Morgan fingerprint density at radius 1 is 0.455 bits per heavy atom. The Bertz CT molecular complexity index is 3100. The van der Waals surface area contributed by atoms with Gasteiger partial charge in [-0.25, -0.2) is 15.0 Å². The number of fused-ring (bicyclic) bond motifs is 6. The van der Waals surface area contributed by atoms with Crippen LogP contribution >= 0.6 is 22.7 Å². The van der Waals surface area contributed by atoms with Crippen LogP contribution in [0.1, 0.15) is 15.1 Å². The van der Waals surface area contributed by atoms with E-state index in [9.17, 15) is 1.37 Å². The summed E-state index contributed by atoms with van der Waals surface area (Å²) < 4.78 is 98.3. The molecule has 3 aromatic heterocycles. The van der Waals surface area contributed by atoms with Crippen molar-refractivity contribution in [2.24, 2.45) is 0 Å². The van der Waals surface area contributed by atoms with Gasteiger partial charge in [-0.3, -0.25) is 0 Å². The summed E-state index contributed by atoms with van der Waals surface area (Å²) >= 11 is 2.58. The lowest BCUT2D eigenvalue weighted by atomic mass is 10.0. The van der Waals surface area contributed by atoms with Gasteiger partial charge in [-0.15, -0.1) is 22.7 Å². The van der Waals surface area contributed by atoms with Crippen molar-refractivity contribution in [3.8, 4) is 45.3 Å². The van der Waals surface area contributed by atoms with Gasteiger partial charge in [-0.2, -0.15) is 0 Å². The molecule has 0 spiro atoms. The van der Waals surface area contributed by atoms with Gasteiger partial charge >= 0.3 is 0 Å². The summed E-state index contributed by atoms with van der Waals surface area (Å²) in [4.78, 5) is 14.5. The Kier molecular flexibility index (Phi) is 3.84. The molecule has 0 aliphatic carbocycles. The molecule has 0 aliphatic heterocycles. The fourth-order valence-electron chi connectivity index (χ4n) is 5.27. The van der Waals surface area contributed by atoms with E-state index in [1.54, 1.807) is 11.3 Å². The average molecular weight is 609 g/mol. The first kappa shape index (κ1) is 16.6. The second-order valence-corrected chi connectivity index (χ2v) is 12.1. The minimum absolute atomic E-state index is 0.0126. The molecular weight excluding hydrogens is 575 g/mol. The van der Waals surface area contributed by atoms with Gasteiger partial charge < -0.3 is 0 Å². The van der Waals surface area contributed by atoms with Gasteiger partial charge in [0.05, 0.1) is 15.1 Å². The zero-order valence-electron chi connectivity index (χ0n) is 33.6. The van der Waals surface area contributed by atoms with E-state index < -0.39 is 48.3 Å². The van der Waals surface area contributed by atoms with Gasteiger partial charge in [0.25, 0.3) is 0 Å². The smallest absolute Gasteiger partial charge is 0.165 e. The van der Waals surface area contributed by atoms with E-state index in [1.807, 2.05) is 60.7 Å². The van der Waals surface area contributed by atoms with Crippen LogP contribution < -0.4 is 0 Å². The maximum absolute atomic E-state index is 9.26. The molecule has 0 saturated heterocycles. The fourth-order valence-corrected chi connectivity index (χ4v) is 7.53. The van der Waals surface area contributed by atoms with Crippen LogP contribution in [0.25, 0.3) is 85.6 Å². The lowest BCUT2D eigenvalue weighted by Crippen LogP contribution is -2.00. The Balaban J connectivity index is 1.35. The highest BCUT2D eigenvalue weighted by Crippen LogP contribution is 2.41. The lowest BCUT2D eigenvalue weighted by molar-refractivity contribution is 1.08. The summed E-state index contributed by atoms with van der Waals surface area (Å²) in [5.74, 6) is 0.634. The molecule has 0 radical (unpaired) electrons. The normalized spacial score (nSPS) is 15.1. The first-order valence-corrected chi connectivity index (χ1v) is 15.3. The largest absolute Gasteiger partial charge is 0.208 e. The number of rotatable bonds is 4. The molecule has 0 unspecified atom stereocenters. The summed E-state index contributed by atoms with van der Waals surface area (Å²) in [6.07, 6.45) is 0. The Labute approximate surface area is 277 Å². The van der Waals surface area contributed by atoms with Gasteiger partial charge in [0, 0.05) is 57.0 Å². The lowest BCUT2D eigenvalue weighted by Gasteiger charge is -2.09. The van der Waals surface area contributed by atoms with Crippen molar-refractivity contribution in [3.63, 3.8) is 0 Å². The average Bonchev–Trinajstić information content (AvgIpc) is 3.78. The monoisotopic (exact) mass is 608 g/mol. The van der Waals surface area contributed by atoms with Gasteiger partial charge in [0.2, 0.25) is 0 Å². The summed E-state index contributed by atoms with van der Waals surface area (Å²) in [6, 6.07) is 17.6. The third-order valence-corrected chi connectivity index (χ3v) is 9.60. The van der Waals surface area contributed by atoms with Crippen molar-refractivity contribution in [2.45, 2.75) is 0 Å². The van der Waals surface area contributed by atoms with Crippen LogP contribution in [0.15, 0.2) is 139 Å². The summed E-state index contributed by atoms with van der Waals surface area (Å²) in [6.45, 7) is 0. The van der Waals surface area contributed by atoms with E-state index in [-0.39, 0.29) is 60.8 Å². The quantitative estimate of drug-likeness (QED) is 0.199. The highest BCUT2D eigenvalue weighted by atomic mass is 32.1. The third-order valence-electron chi connectivity index (χ3n) is 7.34. The molecule has 0 amide bonds. The van der Waals surface area contributed by atoms with Gasteiger partial charge in [-0.05, 0) is 35.3 Å². The van der Waals surface area contributed by atoms with Crippen molar-refractivity contribution in [1.82, 2.24) is 15.0 Å². The second-order valence-electron chi connectivity index (χ2n) is 9.99. The van der Waals surface area contributed by atoms with Crippen molar-refractivity contribution in [1.29, 1.82) is 0 Å². The van der Waals surface area contributed by atoms with Crippen molar-refractivity contribution in [3.05, 3.63) is 139 Å². The number of benzene rings is 6. The molecule has 5 heteroatoms. The topological polar surface area (TPSA) is 38.7 Å². The zero-order valence-corrected chi connectivity index (χ0v) is 24.2. The number of hydrogen-bond acceptors (Lipinski definition) is 5. The SMILES string of the molecule is [2H]c1c([2H])c([2H])c(-c2c([2H])c([2H])c3c(sc4c(-c5nc(-c6ccccc6)nc(-c6ccc7c(c6)sc6ccccc67)n5)c([2H])c([2H])c([2H])c43)c2[2H])c([2H])c1[2H]. The number of nitrogens with zero attached hydrogens (tertiary/aromatic N) is 3. The second kappa shape index (κ2) is 10.2. The standard InChI is InChI=1S/C39H23N3S2/c1-3-10-24(11-4-1)26-18-20-30-31-15-9-16-32(36(31)44-35(30)22-26)39-41-37(25-12-5-2-6-13-25)40-38(42-39)27-19-21-29-28-14-7-8-17-33(28)43-34(29)23-27/h1-23H/i1D,3D,4D,9D,10D,11D,15D,16D,18D,20D,22D. The van der Waals surface area contributed by atoms with Crippen molar-refractivity contribution in [2.75, 3.05) is 0 Å². The van der Waals surface area contributed by atoms with Gasteiger partial charge in [0.1, 0.15) is 0 Å². The maximum atomic E-state index is 9.26. The molecule has 0 N–H and O–H groups in total. The summed E-state index contributed by atoms with van der Waals surface area (Å²) in [5, 5.41) is 2.29. The molecule has 0 bridgehead atoms. The Morgan fingerprint density at radius 3 is 2.11 bits per heavy atom. The predicted molar refractivity (Wildman–Crippen MR) is 187 cm³/mol. The first-order valence-electron chi connectivity index (χ1n) is 19.1. The predicted octanol–water partition coefficient (Wildman–Crippen LogP) is 11.3. The van der Waals surface area contributed by atoms with Crippen LogP contribution in [0.4, 0.5) is 0 Å². The molecule has 9 rings (SSSR count). The molecule has 44 heavy (non-hydrogen) atoms. The molecule has 0 aliphatic rings. The van der Waals surface area contributed by atoms with E-state index >= 15 is 0 Å². The Morgan fingerprint density at radius 2 is 1.23 bits per heavy atom. The zero-order chi connectivity index (χ0) is 38.6. The molecule has 0 atom stereocenters. The van der Waals surface area contributed by atoms with E-state index in [1.165, 1.54) is 0 Å². The number of aromatic nitrogens is 3. The van der Waals surface area contributed by atoms with Gasteiger partial charge in [0.15, 0.2) is 17.5 Å². The minimum Gasteiger partial charge on any atom is -0.208 e. The summed E-state index contributed by atoms with van der Waals surface area (Å²) in [7, 11) is 0. The molecular formula is C39H23N3S2. The molecule has 206 valence electrons. The summed E-state index contributed by atoms with van der Waals surface area (Å²) in [5.41, 5.74) is 0.730. The van der Waals surface area contributed by atoms with E-state index in [0.29, 0.717) is 22.8 Å². The van der Waals surface area contributed by atoms with Gasteiger partial charge in [-0.1, -0.05) is 115 Å². The first-order chi connectivity index (χ1) is 26.4. The Hall–Kier alpha value is -5.23. The highest BCUT2D eigenvalue weighted by molar-refractivity contribution is 7.26. The highest BCUT2D eigenvalue weighted by Gasteiger charge is 2.17. The third kappa shape index (κ3) is 4.21. The molecule has 6 aromatic carbocycles. The van der Waals surface area contributed by atoms with Crippen molar-refractivity contribution < 1.29 is 15.1 Å². The van der Waals surface area contributed by atoms with Crippen molar-refractivity contribution >= 4 is 63.0 Å². The van der Waals surface area contributed by atoms with E-state index in [0.717, 1.165) is 31.5 Å². The number of thiophene rings is 2. The minimum atomic E-state index is -0.641. The van der Waals surface area contributed by atoms with E-state index in [4.69, 9.17) is 28.7 Å². The fraction of sp³-hybridized carbons (Fsp3) is 0. The molecule has 0 fully saturated rings. The maximum Gasteiger partial charge on any atom is 0.165 e. The van der Waals surface area contributed by atoms with E-state index in [2.05, 4.69) is 12.1 Å². The van der Waals surface area contributed by atoms with Crippen LogP contribution in [0, 0.1) is 0 Å². The van der Waals surface area contributed by atoms with Crippen LogP contribution in [-0.4, -0.2) is 15.0 Å². The van der Waals surface area contributed by atoms with Crippen LogP contribution in [0.2, 0.25) is 0 Å². The number of hydrogen-bond donors (Lipinski definition) is 0. The molecule has 3 nitrogen and oxygen atoms in total. The van der Waals surface area contributed by atoms with Crippen LogP contribution in [-0.2, 0) is 0 Å². The van der Waals surface area contributed by atoms with Crippen LogP contribution in [0.5, 0.6) is 0 Å². The molecule has 3 heterocycles. The van der Waals surface area contributed by atoms with Crippen LogP contribution in [0.3, 0.4) is 0 Å².